The highest BCUT2D eigenvalue weighted by Gasteiger charge is 2.25. The second kappa shape index (κ2) is 11.4. The van der Waals surface area contributed by atoms with E-state index < -0.39 is 0 Å². The van der Waals surface area contributed by atoms with Crippen molar-refractivity contribution in [2.45, 2.75) is 38.8 Å². The first-order chi connectivity index (χ1) is 13.8. The minimum Gasteiger partial charge on any atom is -0.398 e. The zero-order valence-electron chi connectivity index (χ0n) is 17.1. The maximum atomic E-state index is 11.5. The minimum absolute atomic E-state index is 0.111. The number of ether oxygens (including phenoxy) is 1. The zero-order chi connectivity index (χ0) is 21.4. The number of nitrogens with zero attached hydrogens (tertiary/aromatic N) is 1. The Morgan fingerprint density at radius 1 is 1.38 bits per heavy atom. The number of allylic oxidation sites excluding steroid dienone is 4. The average molecular weight is 480 g/mol. The summed E-state index contributed by atoms with van der Waals surface area (Å²) < 4.78 is 5.84. The van der Waals surface area contributed by atoms with Crippen LogP contribution < -0.4 is 5.73 Å². The third kappa shape index (κ3) is 6.88. The number of anilines is 1. The van der Waals surface area contributed by atoms with Gasteiger partial charge in [-0.3, -0.25) is 4.79 Å². The summed E-state index contributed by atoms with van der Waals surface area (Å²) in [5.74, 6) is 0. The largest absolute Gasteiger partial charge is 0.398 e. The molecule has 1 aromatic rings. The molecule has 0 fully saturated rings. The Labute approximate surface area is 186 Å². The standard InChI is InChI=1S/C19H18BrClN2O.C4H10O/c20-15-4-2-1-3-14(9-15)19-10-13(7-8-23(19)12-24)17-11-16(21)5-6-18(17)22;1-4(2)5-3/h1-3,5-6,9-12,19H,4,7-8,22H2;4H,1-3H3. The van der Waals surface area contributed by atoms with E-state index in [4.69, 9.17) is 22.1 Å². The van der Waals surface area contributed by atoms with E-state index in [0.29, 0.717) is 23.4 Å². The van der Waals surface area contributed by atoms with Crippen LogP contribution in [0.5, 0.6) is 0 Å². The molecule has 0 spiro atoms. The Bertz CT molecular complexity index is 843. The molecule has 1 unspecified atom stereocenters. The number of nitrogens with two attached hydrogens (primary N) is 1. The van der Waals surface area contributed by atoms with Crippen molar-refractivity contribution in [3.8, 4) is 0 Å². The normalized spacial score (nSPS) is 18.9. The fraction of sp³-hybridized carbons (Fsp3) is 0.348. The summed E-state index contributed by atoms with van der Waals surface area (Å²) in [6.45, 7) is 4.65. The van der Waals surface area contributed by atoms with Crippen molar-refractivity contribution in [1.82, 2.24) is 4.90 Å². The van der Waals surface area contributed by atoms with E-state index in [1.54, 1.807) is 13.2 Å². The number of carbonyl (C=O) groups excluding carboxylic acids is 1. The lowest BCUT2D eigenvalue weighted by atomic mass is 9.91. The molecule has 1 aliphatic heterocycles. The summed E-state index contributed by atoms with van der Waals surface area (Å²) in [6.07, 6.45) is 13.3. The maximum absolute atomic E-state index is 11.5. The van der Waals surface area contributed by atoms with E-state index in [2.05, 4.69) is 40.2 Å². The minimum atomic E-state index is -0.111. The third-order valence-corrected chi connectivity index (χ3v) is 5.51. The van der Waals surface area contributed by atoms with Crippen LogP contribution in [0.4, 0.5) is 5.69 Å². The number of benzene rings is 1. The predicted molar refractivity (Wildman–Crippen MR) is 126 cm³/mol. The van der Waals surface area contributed by atoms with Crippen LogP contribution in [0.1, 0.15) is 32.3 Å². The van der Waals surface area contributed by atoms with Gasteiger partial charge in [-0.15, -0.1) is 0 Å². The van der Waals surface area contributed by atoms with Crippen LogP contribution in [0.15, 0.2) is 58.6 Å². The van der Waals surface area contributed by atoms with Crippen molar-refractivity contribution in [3.63, 3.8) is 0 Å². The fourth-order valence-corrected chi connectivity index (χ4v) is 3.65. The molecular formula is C23H28BrClN2O2. The molecule has 156 valence electrons. The van der Waals surface area contributed by atoms with Gasteiger partial charge in [0.15, 0.2) is 0 Å². The molecule has 3 rings (SSSR count). The van der Waals surface area contributed by atoms with Crippen molar-refractivity contribution in [2.24, 2.45) is 0 Å². The van der Waals surface area contributed by atoms with Gasteiger partial charge in [-0.05, 0) is 66.6 Å². The third-order valence-electron chi connectivity index (χ3n) is 4.73. The summed E-state index contributed by atoms with van der Waals surface area (Å²) in [4.78, 5) is 13.3. The fourth-order valence-electron chi connectivity index (χ4n) is 3.03. The number of halogens is 2. The first kappa shape index (κ1) is 23.5. The predicted octanol–water partition coefficient (Wildman–Crippen LogP) is 5.74. The second-order valence-corrected chi connectivity index (χ2v) is 8.59. The van der Waals surface area contributed by atoms with E-state index in [1.165, 1.54) is 0 Å². The van der Waals surface area contributed by atoms with E-state index in [1.807, 2.05) is 37.0 Å². The summed E-state index contributed by atoms with van der Waals surface area (Å²) in [5.41, 5.74) is 9.98. The number of amides is 1. The molecule has 0 saturated heterocycles. The first-order valence-corrected chi connectivity index (χ1v) is 10.8. The number of rotatable bonds is 4. The van der Waals surface area contributed by atoms with Crippen LogP contribution in [-0.4, -0.2) is 37.1 Å². The SMILES string of the molecule is COC(C)C.Nc1ccc(Cl)cc1C1=CC(C2=CC=CCC(Br)=C2)N(C=O)CC1. The van der Waals surface area contributed by atoms with Gasteiger partial charge < -0.3 is 15.4 Å². The van der Waals surface area contributed by atoms with Gasteiger partial charge in [0.05, 0.1) is 12.1 Å². The molecular weight excluding hydrogens is 452 g/mol. The Kier molecular flexibility index (Phi) is 9.21. The van der Waals surface area contributed by atoms with E-state index in [-0.39, 0.29) is 6.04 Å². The molecule has 0 radical (unpaired) electrons. The molecule has 1 atom stereocenters. The Hall–Kier alpha value is -1.82. The molecule has 2 N–H and O–H groups in total. The highest BCUT2D eigenvalue weighted by Crippen LogP contribution is 2.33. The lowest BCUT2D eigenvalue weighted by Crippen LogP contribution is -2.37. The van der Waals surface area contributed by atoms with Crippen LogP contribution in [0.3, 0.4) is 0 Å². The first-order valence-electron chi connectivity index (χ1n) is 9.58. The Morgan fingerprint density at radius 2 is 2.10 bits per heavy atom. The number of methoxy groups -OCH3 is 1. The molecule has 6 heteroatoms. The number of hydrogen-bond donors (Lipinski definition) is 1. The van der Waals surface area contributed by atoms with Crippen LogP contribution in [-0.2, 0) is 9.53 Å². The molecule has 0 aromatic heterocycles. The smallest absolute Gasteiger partial charge is 0.210 e. The number of hydrogen-bond acceptors (Lipinski definition) is 3. The molecule has 29 heavy (non-hydrogen) atoms. The van der Waals surface area contributed by atoms with E-state index in [0.717, 1.165) is 40.4 Å². The zero-order valence-corrected chi connectivity index (χ0v) is 19.4. The molecule has 1 heterocycles. The van der Waals surface area contributed by atoms with Gasteiger partial charge in [-0.2, -0.15) is 0 Å². The molecule has 1 aliphatic carbocycles. The second-order valence-electron chi connectivity index (χ2n) is 7.14. The maximum Gasteiger partial charge on any atom is 0.210 e. The van der Waals surface area contributed by atoms with Gasteiger partial charge >= 0.3 is 0 Å². The molecule has 1 amide bonds. The van der Waals surface area contributed by atoms with Crippen LogP contribution in [0.2, 0.25) is 5.02 Å². The van der Waals surface area contributed by atoms with Crippen LogP contribution in [0, 0.1) is 0 Å². The molecule has 1 aromatic carbocycles. The lowest BCUT2D eigenvalue weighted by Gasteiger charge is -2.33. The van der Waals surface area contributed by atoms with Gasteiger partial charge in [0, 0.05) is 29.9 Å². The summed E-state index contributed by atoms with van der Waals surface area (Å²) in [5, 5.41) is 0.661. The summed E-state index contributed by atoms with van der Waals surface area (Å²) in [6, 6.07) is 5.39. The summed E-state index contributed by atoms with van der Waals surface area (Å²) >= 11 is 9.70. The van der Waals surface area contributed by atoms with Crippen molar-refractivity contribution in [1.29, 1.82) is 0 Å². The van der Waals surface area contributed by atoms with Gasteiger partial charge in [-0.25, -0.2) is 0 Å². The molecule has 4 nitrogen and oxygen atoms in total. The highest BCUT2D eigenvalue weighted by molar-refractivity contribution is 9.11. The van der Waals surface area contributed by atoms with Gasteiger partial charge in [-0.1, -0.05) is 51.8 Å². The van der Waals surface area contributed by atoms with Gasteiger partial charge in [0.25, 0.3) is 0 Å². The Balaban J connectivity index is 0.000000537. The van der Waals surface area contributed by atoms with Crippen molar-refractivity contribution >= 4 is 45.2 Å². The van der Waals surface area contributed by atoms with Gasteiger partial charge in [0.1, 0.15) is 0 Å². The van der Waals surface area contributed by atoms with Gasteiger partial charge in [0.2, 0.25) is 6.41 Å². The summed E-state index contributed by atoms with van der Waals surface area (Å²) in [7, 11) is 1.70. The monoisotopic (exact) mass is 478 g/mol. The van der Waals surface area contributed by atoms with Crippen molar-refractivity contribution in [3.05, 3.63) is 69.2 Å². The Morgan fingerprint density at radius 3 is 2.76 bits per heavy atom. The van der Waals surface area contributed by atoms with E-state index >= 15 is 0 Å². The number of carbonyl (C=O) groups is 1. The molecule has 0 saturated carbocycles. The van der Waals surface area contributed by atoms with E-state index in [9.17, 15) is 4.79 Å². The van der Waals surface area contributed by atoms with Crippen molar-refractivity contribution < 1.29 is 9.53 Å². The quantitative estimate of drug-likeness (QED) is 0.442. The van der Waals surface area contributed by atoms with Crippen LogP contribution in [0.25, 0.3) is 5.57 Å². The number of nitrogen functional groups attached to an aromatic ring is 1. The average Bonchev–Trinajstić information content (AvgIpc) is 2.94. The molecule has 0 bridgehead atoms. The van der Waals surface area contributed by atoms with Crippen molar-refractivity contribution in [2.75, 3.05) is 19.4 Å². The molecule has 2 aliphatic rings. The lowest BCUT2D eigenvalue weighted by molar-refractivity contribution is -0.118. The topological polar surface area (TPSA) is 55.6 Å². The van der Waals surface area contributed by atoms with Crippen LogP contribution >= 0.6 is 27.5 Å². The highest BCUT2D eigenvalue weighted by atomic mass is 79.9.